The predicted molar refractivity (Wildman–Crippen MR) is 114 cm³/mol. The van der Waals surface area contributed by atoms with Gasteiger partial charge in [-0.2, -0.15) is 5.10 Å². The van der Waals surface area contributed by atoms with Gasteiger partial charge in [-0.05, 0) is 66.2 Å². The average Bonchev–Trinajstić information content (AvgIpc) is 2.77. The second-order valence-corrected chi connectivity index (χ2v) is 6.42. The lowest BCUT2D eigenvalue weighted by Gasteiger charge is -2.05. The Bertz CT molecular complexity index is 1070. The molecule has 8 heteroatoms. The molecule has 0 aliphatic heterocycles. The molecule has 7 nitrogen and oxygen atoms in total. The molecule has 0 radical (unpaired) electrons. The maximum absolute atomic E-state index is 12.0. The van der Waals surface area contributed by atoms with Crippen LogP contribution in [-0.4, -0.2) is 24.0 Å². The molecule has 0 fully saturated rings. The maximum atomic E-state index is 12.0. The van der Waals surface area contributed by atoms with Gasteiger partial charge in [0, 0.05) is 10.7 Å². The number of halogens is 1. The van der Waals surface area contributed by atoms with Gasteiger partial charge in [-0.3, -0.25) is 9.59 Å². The minimum absolute atomic E-state index is 0.368. The molecular formula is C22H16ClN3O4. The number of benzene rings is 3. The van der Waals surface area contributed by atoms with E-state index >= 15 is 0 Å². The van der Waals surface area contributed by atoms with Crippen molar-refractivity contribution in [3.05, 3.63) is 95.0 Å². The van der Waals surface area contributed by atoms with E-state index in [-0.39, 0.29) is 0 Å². The Balaban J connectivity index is 1.49. The highest BCUT2D eigenvalue weighted by molar-refractivity contribution is 6.39. The Hall–Kier alpha value is -3.97. The smallest absolute Gasteiger partial charge is 0.343 e. The lowest BCUT2D eigenvalue weighted by Crippen LogP contribution is -2.32. The Morgan fingerprint density at radius 3 is 2.17 bits per heavy atom. The number of nitrogens with one attached hydrogen (secondary N) is 2. The van der Waals surface area contributed by atoms with E-state index in [1.807, 2.05) is 6.07 Å². The number of amides is 2. The van der Waals surface area contributed by atoms with Gasteiger partial charge in [0.15, 0.2) is 0 Å². The fourth-order valence-electron chi connectivity index (χ4n) is 2.30. The summed E-state index contributed by atoms with van der Waals surface area (Å²) in [5.41, 5.74) is 3.65. The highest BCUT2D eigenvalue weighted by Crippen LogP contribution is 2.14. The van der Waals surface area contributed by atoms with Gasteiger partial charge in [0.2, 0.25) is 0 Å². The molecule has 0 heterocycles. The number of rotatable bonds is 5. The van der Waals surface area contributed by atoms with Crippen molar-refractivity contribution in [2.24, 2.45) is 5.10 Å². The summed E-state index contributed by atoms with van der Waals surface area (Å²) in [4.78, 5) is 35.6. The van der Waals surface area contributed by atoms with E-state index in [4.69, 9.17) is 16.3 Å². The van der Waals surface area contributed by atoms with E-state index in [0.29, 0.717) is 27.6 Å². The highest BCUT2D eigenvalue weighted by atomic mass is 35.5. The van der Waals surface area contributed by atoms with Crippen molar-refractivity contribution in [1.82, 2.24) is 5.43 Å². The van der Waals surface area contributed by atoms with E-state index in [0.717, 1.165) is 0 Å². The third-order valence-electron chi connectivity index (χ3n) is 3.79. The molecule has 0 bridgehead atoms. The van der Waals surface area contributed by atoms with Crippen molar-refractivity contribution in [2.45, 2.75) is 0 Å². The van der Waals surface area contributed by atoms with E-state index < -0.39 is 17.8 Å². The molecule has 0 aliphatic rings. The molecule has 0 aliphatic carbocycles. The second kappa shape index (κ2) is 9.99. The minimum atomic E-state index is -0.922. The number of esters is 1. The van der Waals surface area contributed by atoms with Crippen LogP contribution in [0.4, 0.5) is 5.69 Å². The van der Waals surface area contributed by atoms with Crippen molar-refractivity contribution in [1.29, 1.82) is 0 Å². The van der Waals surface area contributed by atoms with E-state index in [2.05, 4.69) is 15.8 Å². The van der Waals surface area contributed by atoms with Gasteiger partial charge in [0.25, 0.3) is 0 Å². The lowest BCUT2D eigenvalue weighted by atomic mass is 10.2. The quantitative estimate of drug-likeness (QED) is 0.216. The number of hydrogen-bond acceptors (Lipinski definition) is 5. The summed E-state index contributed by atoms with van der Waals surface area (Å²) in [6.07, 6.45) is 1.36. The molecule has 3 rings (SSSR count). The molecule has 0 saturated heterocycles. The minimum Gasteiger partial charge on any atom is -0.423 e. The van der Waals surface area contributed by atoms with Crippen LogP contribution in [0.3, 0.4) is 0 Å². The summed E-state index contributed by atoms with van der Waals surface area (Å²) >= 11 is 5.76. The first kappa shape index (κ1) is 20.8. The maximum Gasteiger partial charge on any atom is 0.343 e. The number of anilines is 1. The third-order valence-corrected chi connectivity index (χ3v) is 4.04. The molecule has 0 saturated carbocycles. The zero-order chi connectivity index (χ0) is 21.3. The molecule has 30 heavy (non-hydrogen) atoms. The molecule has 2 amide bonds. The first-order chi connectivity index (χ1) is 14.5. The Labute approximate surface area is 177 Å². The highest BCUT2D eigenvalue weighted by Gasteiger charge is 2.12. The van der Waals surface area contributed by atoms with Crippen LogP contribution in [0.15, 0.2) is 84.0 Å². The third kappa shape index (κ3) is 6.02. The van der Waals surface area contributed by atoms with Gasteiger partial charge in [-0.1, -0.05) is 29.8 Å². The summed E-state index contributed by atoms with van der Waals surface area (Å²) < 4.78 is 5.28. The van der Waals surface area contributed by atoms with Gasteiger partial charge < -0.3 is 10.1 Å². The number of carbonyl (C=O) groups excluding carboxylic acids is 3. The molecule has 150 valence electrons. The number of carbonyl (C=O) groups is 3. The van der Waals surface area contributed by atoms with Crippen molar-refractivity contribution in [2.75, 3.05) is 5.32 Å². The number of hydrazone groups is 1. The Morgan fingerprint density at radius 2 is 1.50 bits per heavy atom. The van der Waals surface area contributed by atoms with Crippen molar-refractivity contribution in [3.63, 3.8) is 0 Å². The van der Waals surface area contributed by atoms with Crippen molar-refractivity contribution < 1.29 is 19.1 Å². The largest absolute Gasteiger partial charge is 0.423 e. The standard InChI is InChI=1S/C22H16ClN3O4/c23-17-8-10-18(11-9-17)25-20(27)21(28)26-24-14-15-6-12-19(13-7-15)30-22(29)16-4-2-1-3-5-16/h1-14H,(H,25,27)(H,26,28). The van der Waals surface area contributed by atoms with Crippen LogP contribution in [0.2, 0.25) is 5.02 Å². The van der Waals surface area contributed by atoms with Crippen LogP contribution < -0.4 is 15.5 Å². The Kier molecular flexibility index (Phi) is 6.91. The first-order valence-electron chi connectivity index (χ1n) is 8.78. The molecule has 0 aromatic heterocycles. The fourth-order valence-corrected chi connectivity index (χ4v) is 2.43. The van der Waals surface area contributed by atoms with E-state index in [1.165, 1.54) is 6.21 Å². The fraction of sp³-hybridized carbons (Fsp3) is 0. The molecule has 0 atom stereocenters. The molecule has 3 aromatic carbocycles. The summed E-state index contributed by atoms with van der Waals surface area (Å²) in [6, 6.07) is 21.5. The molecule has 0 unspecified atom stereocenters. The molecular weight excluding hydrogens is 406 g/mol. The van der Waals surface area contributed by atoms with Gasteiger partial charge in [-0.25, -0.2) is 10.2 Å². The summed E-state index contributed by atoms with van der Waals surface area (Å²) in [7, 11) is 0. The number of hydrogen-bond donors (Lipinski definition) is 2. The van der Waals surface area contributed by atoms with Crippen LogP contribution in [0.25, 0.3) is 0 Å². The van der Waals surface area contributed by atoms with Gasteiger partial charge in [-0.15, -0.1) is 0 Å². The Morgan fingerprint density at radius 1 is 0.833 bits per heavy atom. The zero-order valence-electron chi connectivity index (χ0n) is 15.5. The van der Waals surface area contributed by atoms with E-state index in [1.54, 1.807) is 72.8 Å². The SMILES string of the molecule is O=C(NN=Cc1ccc(OC(=O)c2ccccc2)cc1)C(=O)Nc1ccc(Cl)cc1. The van der Waals surface area contributed by atoms with Crippen LogP contribution in [0.5, 0.6) is 5.75 Å². The van der Waals surface area contributed by atoms with Gasteiger partial charge >= 0.3 is 17.8 Å². The van der Waals surface area contributed by atoms with Gasteiger partial charge in [0.05, 0.1) is 11.8 Å². The molecule has 2 N–H and O–H groups in total. The predicted octanol–water partition coefficient (Wildman–Crippen LogP) is 3.65. The second-order valence-electron chi connectivity index (χ2n) is 5.98. The first-order valence-corrected chi connectivity index (χ1v) is 9.16. The van der Waals surface area contributed by atoms with Crippen molar-refractivity contribution >= 4 is 41.3 Å². The molecule has 0 spiro atoms. The van der Waals surface area contributed by atoms with Crippen LogP contribution >= 0.6 is 11.6 Å². The average molecular weight is 422 g/mol. The summed E-state index contributed by atoms with van der Waals surface area (Å²) in [6.45, 7) is 0. The van der Waals surface area contributed by atoms with Crippen LogP contribution in [-0.2, 0) is 9.59 Å². The van der Waals surface area contributed by atoms with Gasteiger partial charge in [0.1, 0.15) is 5.75 Å². The zero-order valence-corrected chi connectivity index (χ0v) is 16.3. The summed E-state index contributed by atoms with van der Waals surface area (Å²) in [5.74, 6) is -1.88. The van der Waals surface area contributed by atoms with Crippen LogP contribution in [0, 0.1) is 0 Å². The summed E-state index contributed by atoms with van der Waals surface area (Å²) in [5, 5.41) is 6.68. The molecule has 3 aromatic rings. The topological polar surface area (TPSA) is 96.9 Å². The lowest BCUT2D eigenvalue weighted by molar-refractivity contribution is -0.136. The van der Waals surface area contributed by atoms with Crippen LogP contribution in [0.1, 0.15) is 15.9 Å². The number of ether oxygens (including phenoxy) is 1. The number of nitrogens with zero attached hydrogens (tertiary/aromatic N) is 1. The van der Waals surface area contributed by atoms with E-state index in [9.17, 15) is 14.4 Å². The van der Waals surface area contributed by atoms with Crippen molar-refractivity contribution in [3.8, 4) is 5.75 Å². The normalized spacial score (nSPS) is 10.4. The monoisotopic (exact) mass is 421 g/mol.